The monoisotopic (exact) mass is 406 g/mol. The number of benzene rings is 2. The fraction of sp³-hybridized carbons (Fsp3) is 0.333. The Labute approximate surface area is 166 Å². The molecule has 154 valence electrons. The summed E-state index contributed by atoms with van der Waals surface area (Å²) in [5.74, 6) is -0.715. The molecule has 0 aliphatic heterocycles. The molecule has 1 saturated carbocycles. The highest BCUT2D eigenvalue weighted by Gasteiger charge is 2.28. The van der Waals surface area contributed by atoms with E-state index in [2.05, 4.69) is 5.32 Å². The molecule has 3 rings (SSSR count). The summed E-state index contributed by atoms with van der Waals surface area (Å²) in [5, 5.41) is 4.38. The highest BCUT2D eigenvalue weighted by atomic mass is 19.4. The van der Waals surface area contributed by atoms with Crippen molar-refractivity contribution >= 4 is 17.5 Å². The van der Waals surface area contributed by atoms with Crippen LogP contribution in [0.25, 0.3) is 0 Å². The summed E-state index contributed by atoms with van der Waals surface area (Å²) in [6.45, 7) is -1.45. The van der Waals surface area contributed by atoms with Crippen LogP contribution in [0.3, 0.4) is 0 Å². The standard InChI is InChI=1S/C21H21F3N2O3/c22-21(23,24)13-25-20(28)17-7-3-4-8-18(17)26-19(27)14-9-11-16(12-10-14)29-15-5-1-2-6-15/h3-4,7-12,15H,1-2,5-6,13H2,(H,25,28)(H,26,27). The van der Waals surface area contributed by atoms with Gasteiger partial charge in [0.1, 0.15) is 12.3 Å². The first-order valence-electron chi connectivity index (χ1n) is 9.34. The maximum Gasteiger partial charge on any atom is 0.405 e. The molecule has 0 bridgehead atoms. The lowest BCUT2D eigenvalue weighted by molar-refractivity contribution is -0.123. The number of para-hydroxylation sites is 1. The highest BCUT2D eigenvalue weighted by Crippen LogP contribution is 2.24. The van der Waals surface area contributed by atoms with Crippen molar-refractivity contribution in [2.24, 2.45) is 0 Å². The fourth-order valence-corrected chi connectivity index (χ4v) is 3.14. The van der Waals surface area contributed by atoms with Gasteiger partial charge in [-0.2, -0.15) is 13.2 Å². The van der Waals surface area contributed by atoms with E-state index in [1.807, 2.05) is 0 Å². The lowest BCUT2D eigenvalue weighted by atomic mass is 10.1. The third-order valence-corrected chi connectivity index (χ3v) is 4.59. The van der Waals surface area contributed by atoms with Crippen molar-refractivity contribution in [1.29, 1.82) is 0 Å². The Morgan fingerprint density at radius 2 is 1.62 bits per heavy atom. The second kappa shape index (κ2) is 8.98. The van der Waals surface area contributed by atoms with Crippen molar-refractivity contribution in [3.63, 3.8) is 0 Å². The minimum absolute atomic E-state index is 0.0497. The number of amides is 2. The molecule has 1 aliphatic carbocycles. The molecule has 2 aromatic carbocycles. The van der Waals surface area contributed by atoms with Gasteiger partial charge in [-0.1, -0.05) is 12.1 Å². The Bertz CT molecular complexity index is 860. The zero-order valence-corrected chi connectivity index (χ0v) is 15.6. The maximum absolute atomic E-state index is 12.5. The number of hydrogen-bond donors (Lipinski definition) is 2. The van der Waals surface area contributed by atoms with Gasteiger partial charge in [-0.05, 0) is 62.1 Å². The summed E-state index contributed by atoms with van der Waals surface area (Å²) in [7, 11) is 0. The molecule has 0 saturated heterocycles. The SMILES string of the molecule is O=C(Nc1ccccc1C(=O)NCC(F)(F)F)c1ccc(OC2CCCC2)cc1. The van der Waals surface area contributed by atoms with E-state index in [0.717, 1.165) is 25.7 Å². The van der Waals surface area contributed by atoms with Crippen LogP contribution in [0.1, 0.15) is 46.4 Å². The van der Waals surface area contributed by atoms with Crippen molar-refractivity contribution < 1.29 is 27.5 Å². The van der Waals surface area contributed by atoms with Gasteiger partial charge in [0.2, 0.25) is 0 Å². The van der Waals surface area contributed by atoms with Gasteiger partial charge in [-0.25, -0.2) is 0 Å². The van der Waals surface area contributed by atoms with Gasteiger partial charge < -0.3 is 15.4 Å². The van der Waals surface area contributed by atoms with E-state index in [1.54, 1.807) is 35.6 Å². The predicted octanol–water partition coefficient (Wildman–Crippen LogP) is 4.55. The first kappa shape index (κ1) is 20.7. The topological polar surface area (TPSA) is 67.4 Å². The fourth-order valence-electron chi connectivity index (χ4n) is 3.14. The minimum Gasteiger partial charge on any atom is -0.490 e. The number of anilines is 1. The molecule has 0 spiro atoms. The third-order valence-electron chi connectivity index (χ3n) is 4.59. The summed E-state index contributed by atoms with van der Waals surface area (Å²) in [5.41, 5.74) is 0.420. The molecular weight excluding hydrogens is 385 g/mol. The number of rotatable bonds is 6. The first-order valence-corrected chi connectivity index (χ1v) is 9.34. The van der Waals surface area contributed by atoms with Crippen molar-refractivity contribution in [1.82, 2.24) is 5.32 Å². The number of nitrogens with one attached hydrogen (secondary N) is 2. The van der Waals surface area contributed by atoms with Crippen LogP contribution in [0.2, 0.25) is 0 Å². The van der Waals surface area contributed by atoms with Crippen LogP contribution >= 0.6 is 0 Å². The van der Waals surface area contributed by atoms with Crippen LogP contribution < -0.4 is 15.4 Å². The molecular formula is C21H21F3N2O3. The number of halogens is 3. The van der Waals surface area contributed by atoms with Gasteiger partial charge in [0.25, 0.3) is 11.8 Å². The van der Waals surface area contributed by atoms with Crippen molar-refractivity contribution in [3.05, 3.63) is 59.7 Å². The van der Waals surface area contributed by atoms with E-state index in [1.165, 1.54) is 18.2 Å². The van der Waals surface area contributed by atoms with Crippen LogP contribution in [-0.4, -0.2) is 30.6 Å². The molecule has 0 unspecified atom stereocenters. The maximum atomic E-state index is 12.5. The Morgan fingerprint density at radius 3 is 2.28 bits per heavy atom. The summed E-state index contributed by atoms with van der Waals surface area (Å²) in [6, 6.07) is 12.5. The second-order valence-corrected chi connectivity index (χ2v) is 6.85. The molecule has 2 amide bonds. The average molecular weight is 406 g/mol. The van der Waals surface area contributed by atoms with Gasteiger partial charge in [-0.15, -0.1) is 0 Å². The number of carbonyl (C=O) groups is 2. The molecule has 8 heteroatoms. The summed E-state index contributed by atoms with van der Waals surface area (Å²) < 4.78 is 42.8. The Hall–Kier alpha value is -3.03. The number of hydrogen-bond acceptors (Lipinski definition) is 3. The molecule has 1 fully saturated rings. The molecule has 1 aliphatic rings. The van der Waals surface area contributed by atoms with Crippen LogP contribution in [0.15, 0.2) is 48.5 Å². The molecule has 0 radical (unpaired) electrons. The van der Waals surface area contributed by atoms with E-state index in [9.17, 15) is 22.8 Å². The quantitative estimate of drug-likeness (QED) is 0.740. The first-order chi connectivity index (χ1) is 13.8. The zero-order chi connectivity index (χ0) is 20.9. The highest BCUT2D eigenvalue weighted by molar-refractivity contribution is 6.09. The van der Waals surface area contributed by atoms with Crippen LogP contribution in [0, 0.1) is 0 Å². The Morgan fingerprint density at radius 1 is 0.966 bits per heavy atom. The van der Waals surface area contributed by atoms with Crippen LogP contribution in [-0.2, 0) is 0 Å². The second-order valence-electron chi connectivity index (χ2n) is 6.85. The summed E-state index contributed by atoms with van der Waals surface area (Å²) >= 11 is 0. The van der Waals surface area contributed by atoms with Gasteiger partial charge in [0.05, 0.1) is 17.4 Å². The van der Waals surface area contributed by atoms with Gasteiger partial charge in [-0.3, -0.25) is 9.59 Å². The lowest BCUT2D eigenvalue weighted by Gasteiger charge is -2.14. The van der Waals surface area contributed by atoms with Crippen molar-refractivity contribution in [3.8, 4) is 5.75 Å². The third kappa shape index (κ3) is 5.97. The van der Waals surface area contributed by atoms with Gasteiger partial charge >= 0.3 is 6.18 Å². The Balaban J connectivity index is 1.65. The number of ether oxygens (including phenoxy) is 1. The van der Waals surface area contributed by atoms with Gasteiger partial charge in [0.15, 0.2) is 0 Å². The van der Waals surface area contributed by atoms with Crippen molar-refractivity contribution in [2.75, 3.05) is 11.9 Å². The molecule has 0 heterocycles. The van der Waals surface area contributed by atoms with Crippen LogP contribution in [0.5, 0.6) is 5.75 Å². The van der Waals surface area contributed by atoms with E-state index in [4.69, 9.17) is 4.74 Å². The molecule has 0 aromatic heterocycles. The molecule has 29 heavy (non-hydrogen) atoms. The van der Waals surface area contributed by atoms with E-state index < -0.39 is 24.5 Å². The Kier molecular flexibility index (Phi) is 6.41. The molecule has 0 atom stereocenters. The lowest BCUT2D eigenvalue weighted by Crippen LogP contribution is -2.34. The zero-order valence-electron chi connectivity index (χ0n) is 15.6. The summed E-state index contributed by atoms with van der Waals surface area (Å²) in [6.07, 6.45) is 0.0419. The van der Waals surface area contributed by atoms with Gasteiger partial charge in [0, 0.05) is 5.56 Å². The normalized spacial score (nSPS) is 14.4. The van der Waals surface area contributed by atoms with Crippen molar-refractivity contribution in [2.45, 2.75) is 38.0 Å². The van der Waals surface area contributed by atoms with E-state index in [0.29, 0.717) is 11.3 Å². The molecule has 2 aromatic rings. The largest absolute Gasteiger partial charge is 0.490 e. The summed E-state index contributed by atoms with van der Waals surface area (Å²) in [4.78, 5) is 24.6. The molecule has 2 N–H and O–H groups in total. The van der Waals surface area contributed by atoms with E-state index >= 15 is 0 Å². The predicted molar refractivity (Wildman–Crippen MR) is 102 cm³/mol. The molecule has 5 nitrogen and oxygen atoms in total. The number of alkyl halides is 3. The minimum atomic E-state index is -4.52. The smallest absolute Gasteiger partial charge is 0.405 e. The van der Waals surface area contributed by atoms with E-state index in [-0.39, 0.29) is 17.4 Å². The van der Waals surface area contributed by atoms with Crippen LogP contribution in [0.4, 0.5) is 18.9 Å². The number of carbonyl (C=O) groups excluding carboxylic acids is 2. The average Bonchev–Trinajstić information content (AvgIpc) is 3.19.